The van der Waals surface area contributed by atoms with Crippen LogP contribution in [0, 0.1) is 0 Å². The van der Waals surface area contributed by atoms with Gasteiger partial charge in [-0.15, -0.1) is 0 Å². The second-order valence-corrected chi connectivity index (χ2v) is 5.23. The number of anilines is 1. The number of ether oxygens (including phenoxy) is 1. The number of nitrogens with one attached hydrogen (secondary N) is 2. The summed E-state index contributed by atoms with van der Waals surface area (Å²) >= 11 is 0. The van der Waals surface area contributed by atoms with E-state index in [1.54, 1.807) is 7.11 Å². The fourth-order valence-corrected chi connectivity index (χ4v) is 1.83. The Morgan fingerprint density at radius 1 is 1.59 bits per heavy atom. The van der Waals surface area contributed by atoms with Crippen LogP contribution in [0.1, 0.15) is 38.4 Å². The minimum absolute atomic E-state index is 0.0994. The lowest BCUT2D eigenvalue weighted by Crippen LogP contribution is -2.36. The molecule has 5 heteroatoms. The summed E-state index contributed by atoms with van der Waals surface area (Å²) < 4.78 is 5.12. The van der Waals surface area contributed by atoms with E-state index in [-0.39, 0.29) is 11.1 Å². The number of hydrogen-bond donors (Lipinski definition) is 2. The van der Waals surface area contributed by atoms with Gasteiger partial charge in [-0.05, 0) is 26.7 Å². The number of methoxy groups -OCH3 is 1. The average molecular weight is 237 g/mol. The van der Waals surface area contributed by atoms with Gasteiger partial charge < -0.3 is 15.0 Å². The van der Waals surface area contributed by atoms with Gasteiger partial charge in [0, 0.05) is 19.1 Å². The summed E-state index contributed by atoms with van der Waals surface area (Å²) in [5, 5.41) is 3.23. The zero-order valence-electron chi connectivity index (χ0n) is 10.5. The molecule has 1 aromatic rings. The SMILES string of the molecule is COCC(C)(C)Nc1cc(=O)[nH]c(C2CC2)n1. The van der Waals surface area contributed by atoms with Gasteiger partial charge in [0.05, 0.1) is 12.1 Å². The molecule has 0 saturated heterocycles. The Bertz CT molecular complexity index is 449. The first kappa shape index (κ1) is 12.1. The van der Waals surface area contributed by atoms with Gasteiger partial charge in [0.1, 0.15) is 11.6 Å². The Morgan fingerprint density at radius 2 is 2.29 bits per heavy atom. The van der Waals surface area contributed by atoms with Crippen LogP contribution < -0.4 is 10.9 Å². The van der Waals surface area contributed by atoms with Crippen LogP contribution in [-0.4, -0.2) is 29.2 Å². The standard InChI is InChI=1S/C12H19N3O2/c1-12(2,7-17-3)15-9-6-10(16)14-11(13-9)8-4-5-8/h6,8H,4-5,7H2,1-3H3,(H2,13,14,15,16). The molecule has 17 heavy (non-hydrogen) atoms. The summed E-state index contributed by atoms with van der Waals surface area (Å²) in [5.41, 5.74) is -0.339. The summed E-state index contributed by atoms with van der Waals surface area (Å²) in [6, 6.07) is 1.49. The minimum Gasteiger partial charge on any atom is -0.382 e. The third kappa shape index (κ3) is 3.30. The first-order valence-electron chi connectivity index (χ1n) is 5.88. The number of nitrogens with zero attached hydrogens (tertiary/aromatic N) is 1. The maximum Gasteiger partial charge on any atom is 0.252 e. The molecule has 0 unspecified atom stereocenters. The first-order chi connectivity index (χ1) is 8.00. The summed E-state index contributed by atoms with van der Waals surface area (Å²) in [6.07, 6.45) is 2.24. The molecule has 2 rings (SSSR count). The van der Waals surface area contributed by atoms with Crippen LogP contribution in [0.15, 0.2) is 10.9 Å². The average Bonchev–Trinajstić information content (AvgIpc) is 2.97. The summed E-state index contributed by atoms with van der Waals surface area (Å²) in [5.74, 6) is 1.86. The predicted molar refractivity (Wildman–Crippen MR) is 66.4 cm³/mol. The molecular weight excluding hydrogens is 218 g/mol. The largest absolute Gasteiger partial charge is 0.382 e. The number of aromatic nitrogens is 2. The van der Waals surface area contributed by atoms with E-state index < -0.39 is 0 Å². The second kappa shape index (κ2) is 4.49. The molecule has 5 nitrogen and oxygen atoms in total. The molecule has 1 aliphatic rings. The monoisotopic (exact) mass is 237 g/mol. The Balaban J connectivity index is 2.17. The van der Waals surface area contributed by atoms with Crippen molar-refractivity contribution >= 4 is 5.82 Å². The summed E-state index contributed by atoms with van der Waals surface area (Å²) in [7, 11) is 1.66. The van der Waals surface area contributed by atoms with E-state index in [0.29, 0.717) is 18.3 Å². The lowest BCUT2D eigenvalue weighted by molar-refractivity contribution is 0.158. The van der Waals surface area contributed by atoms with Gasteiger partial charge in [-0.25, -0.2) is 4.98 Å². The Labute approximate surface area is 101 Å². The van der Waals surface area contributed by atoms with E-state index in [4.69, 9.17) is 4.74 Å². The molecule has 0 aromatic carbocycles. The van der Waals surface area contributed by atoms with Crippen LogP contribution in [0.25, 0.3) is 0 Å². The van der Waals surface area contributed by atoms with Crippen LogP contribution in [0.5, 0.6) is 0 Å². The van der Waals surface area contributed by atoms with Crippen LogP contribution in [0.3, 0.4) is 0 Å². The minimum atomic E-state index is -0.240. The van der Waals surface area contributed by atoms with Crippen molar-refractivity contribution in [3.05, 3.63) is 22.2 Å². The molecule has 0 radical (unpaired) electrons. The zero-order chi connectivity index (χ0) is 12.5. The predicted octanol–water partition coefficient (Wildman–Crippen LogP) is 1.48. The van der Waals surface area contributed by atoms with Crippen LogP contribution in [-0.2, 0) is 4.74 Å². The molecule has 94 valence electrons. The van der Waals surface area contributed by atoms with Crippen LogP contribution >= 0.6 is 0 Å². The lowest BCUT2D eigenvalue weighted by atomic mass is 10.1. The normalized spacial score (nSPS) is 15.9. The molecule has 0 aliphatic heterocycles. The zero-order valence-corrected chi connectivity index (χ0v) is 10.5. The third-order valence-electron chi connectivity index (χ3n) is 2.70. The molecular formula is C12H19N3O2. The van der Waals surface area contributed by atoms with Gasteiger partial charge in [0.2, 0.25) is 0 Å². The Morgan fingerprint density at radius 3 is 2.88 bits per heavy atom. The van der Waals surface area contributed by atoms with E-state index in [1.165, 1.54) is 6.07 Å². The smallest absolute Gasteiger partial charge is 0.252 e. The fraction of sp³-hybridized carbons (Fsp3) is 0.667. The molecule has 2 N–H and O–H groups in total. The van der Waals surface area contributed by atoms with Gasteiger partial charge in [0.15, 0.2) is 0 Å². The molecule has 1 aromatic heterocycles. The van der Waals surface area contributed by atoms with Crippen molar-refractivity contribution in [3.63, 3.8) is 0 Å². The van der Waals surface area contributed by atoms with Gasteiger partial charge in [-0.1, -0.05) is 0 Å². The quantitative estimate of drug-likeness (QED) is 0.814. The number of H-pyrrole nitrogens is 1. The molecule has 0 spiro atoms. The highest BCUT2D eigenvalue weighted by Crippen LogP contribution is 2.37. The van der Waals surface area contributed by atoms with Crippen LogP contribution in [0.2, 0.25) is 0 Å². The van der Waals surface area contributed by atoms with E-state index in [0.717, 1.165) is 18.7 Å². The molecule has 1 aliphatic carbocycles. The Hall–Kier alpha value is -1.36. The van der Waals surface area contributed by atoms with Crippen molar-refractivity contribution in [1.29, 1.82) is 0 Å². The highest BCUT2D eigenvalue weighted by molar-refractivity contribution is 5.37. The molecule has 1 heterocycles. The van der Waals surface area contributed by atoms with Gasteiger partial charge in [-0.2, -0.15) is 0 Å². The first-order valence-corrected chi connectivity index (χ1v) is 5.88. The molecule has 0 bridgehead atoms. The highest BCUT2D eigenvalue weighted by Gasteiger charge is 2.27. The highest BCUT2D eigenvalue weighted by atomic mass is 16.5. The summed E-state index contributed by atoms with van der Waals surface area (Å²) in [4.78, 5) is 18.8. The van der Waals surface area contributed by atoms with Gasteiger partial charge in [0.25, 0.3) is 5.56 Å². The van der Waals surface area contributed by atoms with Gasteiger partial charge in [-0.3, -0.25) is 4.79 Å². The summed E-state index contributed by atoms with van der Waals surface area (Å²) in [6.45, 7) is 4.58. The number of rotatable bonds is 5. The topological polar surface area (TPSA) is 67.0 Å². The van der Waals surface area contributed by atoms with E-state index in [2.05, 4.69) is 15.3 Å². The van der Waals surface area contributed by atoms with Gasteiger partial charge >= 0.3 is 0 Å². The van der Waals surface area contributed by atoms with Crippen molar-refractivity contribution in [2.75, 3.05) is 19.0 Å². The van der Waals surface area contributed by atoms with Crippen molar-refractivity contribution in [1.82, 2.24) is 9.97 Å². The molecule has 0 amide bonds. The van der Waals surface area contributed by atoms with E-state index >= 15 is 0 Å². The number of aromatic amines is 1. The van der Waals surface area contributed by atoms with Crippen molar-refractivity contribution in [2.45, 2.75) is 38.1 Å². The van der Waals surface area contributed by atoms with E-state index in [1.807, 2.05) is 13.8 Å². The van der Waals surface area contributed by atoms with E-state index in [9.17, 15) is 4.79 Å². The van der Waals surface area contributed by atoms with Crippen molar-refractivity contribution in [3.8, 4) is 0 Å². The molecule has 1 saturated carbocycles. The van der Waals surface area contributed by atoms with Crippen molar-refractivity contribution in [2.24, 2.45) is 0 Å². The van der Waals surface area contributed by atoms with Crippen molar-refractivity contribution < 1.29 is 4.74 Å². The lowest BCUT2D eigenvalue weighted by Gasteiger charge is -2.25. The second-order valence-electron chi connectivity index (χ2n) is 5.23. The maximum absolute atomic E-state index is 11.5. The van der Waals surface area contributed by atoms with Crippen LogP contribution in [0.4, 0.5) is 5.82 Å². The Kier molecular flexibility index (Phi) is 3.19. The third-order valence-corrected chi connectivity index (χ3v) is 2.70. The number of hydrogen-bond acceptors (Lipinski definition) is 4. The fourth-order valence-electron chi connectivity index (χ4n) is 1.83. The molecule has 1 fully saturated rings. The maximum atomic E-state index is 11.5. The molecule has 0 atom stereocenters.